The molecular formula is C51H58N6O7. The Hall–Kier alpha value is -6.80. The minimum atomic E-state index is -0.885. The number of aromatic nitrogens is 1. The Morgan fingerprint density at radius 3 is 2.39 bits per heavy atom. The molecule has 1 aromatic heterocycles. The largest absolute Gasteiger partial charge is 0.506 e. The van der Waals surface area contributed by atoms with Crippen molar-refractivity contribution in [2.24, 2.45) is 0 Å². The smallest absolute Gasteiger partial charge is 0.411 e. The fourth-order valence-electron chi connectivity index (χ4n) is 8.03. The van der Waals surface area contributed by atoms with Gasteiger partial charge in [-0.25, -0.2) is 4.79 Å². The number of aromatic hydroxyl groups is 1. The number of ether oxygens (including phenoxy) is 1. The van der Waals surface area contributed by atoms with Crippen LogP contribution >= 0.6 is 0 Å². The minimum absolute atomic E-state index is 0. The first-order valence-corrected chi connectivity index (χ1v) is 21.3. The SMILES string of the molecule is C.Cc1cc(NC(=O)Cc2cccc(N(C)C(=O)CCN3CCC(OC(=O)Nc4ccccc4-c4ccccc4)CC3)c2)c(C)cc1CNC[C@H](O)c1ccc(O)c2[nH]c(=O)ccc12. The number of aliphatic hydroxyl groups excluding tert-OH is 1. The Bertz CT molecular complexity index is 2640. The van der Waals surface area contributed by atoms with E-state index in [9.17, 15) is 29.4 Å². The highest BCUT2D eigenvalue weighted by molar-refractivity contribution is 5.95. The van der Waals surface area contributed by atoms with Gasteiger partial charge in [0, 0.05) is 74.6 Å². The van der Waals surface area contributed by atoms with Crippen LogP contribution in [0.4, 0.5) is 21.9 Å². The van der Waals surface area contributed by atoms with Gasteiger partial charge in [0.2, 0.25) is 17.4 Å². The number of piperidine rings is 1. The fourth-order valence-corrected chi connectivity index (χ4v) is 8.03. The van der Waals surface area contributed by atoms with Crippen LogP contribution in [0.5, 0.6) is 5.75 Å². The van der Waals surface area contributed by atoms with Gasteiger partial charge in [-0.15, -0.1) is 0 Å². The van der Waals surface area contributed by atoms with Crippen molar-refractivity contribution in [2.45, 2.75) is 65.7 Å². The van der Waals surface area contributed by atoms with E-state index in [0.29, 0.717) is 73.5 Å². The first-order chi connectivity index (χ1) is 30.4. The number of phenols is 1. The van der Waals surface area contributed by atoms with Gasteiger partial charge in [0.25, 0.3) is 0 Å². The molecule has 5 aromatic carbocycles. The molecule has 13 nitrogen and oxygen atoms in total. The Balaban J connectivity index is 0.00000680. The predicted octanol–water partition coefficient (Wildman–Crippen LogP) is 8.22. The maximum absolute atomic E-state index is 13.3. The third-order valence-corrected chi connectivity index (χ3v) is 11.6. The number of anilines is 3. The zero-order chi connectivity index (χ0) is 44.5. The van der Waals surface area contributed by atoms with Crippen molar-refractivity contribution in [2.75, 3.05) is 48.8 Å². The van der Waals surface area contributed by atoms with Crippen LogP contribution in [0.3, 0.4) is 0 Å². The third kappa shape index (κ3) is 11.8. The van der Waals surface area contributed by atoms with Crippen LogP contribution in [-0.4, -0.2) is 77.3 Å². The lowest BCUT2D eigenvalue weighted by atomic mass is 10.0. The van der Waals surface area contributed by atoms with Crippen molar-refractivity contribution in [3.63, 3.8) is 0 Å². The van der Waals surface area contributed by atoms with E-state index in [1.54, 1.807) is 24.1 Å². The van der Waals surface area contributed by atoms with Gasteiger partial charge in [-0.3, -0.25) is 19.7 Å². The van der Waals surface area contributed by atoms with Crippen LogP contribution in [0.1, 0.15) is 60.6 Å². The van der Waals surface area contributed by atoms with Crippen molar-refractivity contribution >= 4 is 45.9 Å². The summed E-state index contributed by atoms with van der Waals surface area (Å²) < 4.78 is 5.79. The minimum Gasteiger partial charge on any atom is -0.506 e. The number of fused-ring (bicyclic) bond motifs is 1. The molecule has 0 unspecified atom stereocenters. The molecule has 2 heterocycles. The van der Waals surface area contributed by atoms with Gasteiger partial charge in [0.1, 0.15) is 11.9 Å². The van der Waals surface area contributed by atoms with Gasteiger partial charge in [0.05, 0.1) is 23.7 Å². The summed E-state index contributed by atoms with van der Waals surface area (Å²) in [5.74, 6) is -0.275. The quantitative estimate of drug-likeness (QED) is 0.0594. The van der Waals surface area contributed by atoms with Crippen LogP contribution < -0.4 is 26.4 Å². The van der Waals surface area contributed by atoms with Gasteiger partial charge in [0.15, 0.2) is 0 Å². The van der Waals surface area contributed by atoms with Crippen molar-refractivity contribution in [3.05, 3.63) is 153 Å². The Morgan fingerprint density at radius 2 is 1.61 bits per heavy atom. The molecule has 1 fully saturated rings. The standard InChI is InChI=1S/C50H54N6O7.CH4/c1-32-27-43(33(2)26-36(32)30-51-31-45(58)40-16-18-44(57)49-41(40)17-19-46(59)54-49)52-47(60)29-34-10-9-13-37(28-34)55(3)48(61)22-25-56-23-20-38(21-24-56)63-50(62)53-42-15-8-7-14-39(42)35-11-5-4-6-12-35;/h4-19,26-28,38,45,51,57-58H,20-25,29-31H2,1-3H3,(H,52,60)(H,53,62)(H,54,59);1H4/t45-;/m0./s1. The number of benzene rings is 5. The Labute approximate surface area is 374 Å². The van der Waals surface area contributed by atoms with Gasteiger partial charge in [-0.2, -0.15) is 0 Å². The monoisotopic (exact) mass is 866 g/mol. The van der Waals surface area contributed by atoms with E-state index < -0.39 is 12.2 Å². The van der Waals surface area contributed by atoms with Crippen LogP contribution in [0.25, 0.3) is 22.0 Å². The van der Waals surface area contributed by atoms with Crippen molar-refractivity contribution < 1.29 is 29.3 Å². The lowest BCUT2D eigenvalue weighted by molar-refractivity contribution is -0.118. The molecule has 6 N–H and O–H groups in total. The molecule has 13 heteroatoms. The first-order valence-electron chi connectivity index (χ1n) is 21.3. The van der Waals surface area contributed by atoms with Crippen LogP contribution in [-0.2, 0) is 27.3 Å². The van der Waals surface area contributed by atoms with E-state index in [1.165, 1.54) is 12.1 Å². The van der Waals surface area contributed by atoms with E-state index >= 15 is 0 Å². The summed E-state index contributed by atoms with van der Waals surface area (Å²) in [4.78, 5) is 57.7. The van der Waals surface area contributed by atoms with Crippen molar-refractivity contribution in [1.82, 2.24) is 15.2 Å². The number of carbonyl (C=O) groups excluding carboxylic acids is 3. The number of aromatic amines is 1. The molecule has 7 rings (SSSR count). The number of nitrogens with one attached hydrogen (secondary N) is 4. The molecule has 0 bridgehead atoms. The Morgan fingerprint density at radius 1 is 0.859 bits per heavy atom. The number of aliphatic hydroxyl groups is 1. The maximum atomic E-state index is 13.3. The average molecular weight is 867 g/mol. The summed E-state index contributed by atoms with van der Waals surface area (Å²) in [6.45, 7) is 6.63. The maximum Gasteiger partial charge on any atom is 0.411 e. The van der Waals surface area contributed by atoms with E-state index in [0.717, 1.165) is 33.4 Å². The predicted molar refractivity (Wildman–Crippen MR) is 254 cm³/mol. The molecule has 0 aliphatic carbocycles. The highest BCUT2D eigenvalue weighted by Gasteiger charge is 2.24. The van der Waals surface area contributed by atoms with E-state index in [2.05, 4.69) is 25.8 Å². The van der Waals surface area contributed by atoms with Crippen LogP contribution in [0, 0.1) is 13.8 Å². The molecule has 64 heavy (non-hydrogen) atoms. The second-order valence-electron chi connectivity index (χ2n) is 16.1. The number of hydrogen-bond donors (Lipinski definition) is 6. The number of hydrogen-bond acceptors (Lipinski definition) is 9. The lowest BCUT2D eigenvalue weighted by Crippen LogP contribution is -2.40. The number of pyridine rings is 1. The normalized spacial score (nSPS) is 13.4. The number of nitrogens with zero attached hydrogens (tertiary/aromatic N) is 2. The topological polar surface area (TPSA) is 176 Å². The Kier molecular flexibility index (Phi) is 15.7. The van der Waals surface area contributed by atoms with Gasteiger partial charge in [-0.05, 0) is 96.5 Å². The molecule has 1 saturated heterocycles. The van der Waals surface area contributed by atoms with Crippen molar-refractivity contribution in [3.8, 4) is 16.9 Å². The summed E-state index contributed by atoms with van der Waals surface area (Å²) in [6.07, 6.45) is 0.250. The summed E-state index contributed by atoms with van der Waals surface area (Å²) in [7, 11) is 1.75. The number of carbonyl (C=O) groups is 3. The number of aryl methyl sites for hydroxylation is 2. The molecule has 0 radical (unpaired) electrons. The summed E-state index contributed by atoms with van der Waals surface area (Å²) in [6, 6.07) is 35.0. The molecule has 0 spiro atoms. The van der Waals surface area contributed by atoms with Crippen LogP contribution in [0.15, 0.2) is 120 Å². The molecule has 0 saturated carbocycles. The number of H-pyrrole nitrogens is 1. The third-order valence-electron chi connectivity index (χ3n) is 11.6. The van der Waals surface area contributed by atoms with Gasteiger partial charge >= 0.3 is 6.09 Å². The number of rotatable bonds is 15. The van der Waals surface area contributed by atoms with Gasteiger partial charge < -0.3 is 40.4 Å². The van der Waals surface area contributed by atoms with E-state index in [-0.39, 0.29) is 55.1 Å². The van der Waals surface area contributed by atoms with Crippen molar-refractivity contribution in [1.29, 1.82) is 0 Å². The lowest BCUT2D eigenvalue weighted by Gasteiger charge is -2.31. The number of amides is 3. The average Bonchev–Trinajstić information content (AvgIpc) is 3.28. The highest BCUT2D eigenvalue weighted by atomic mass is 16.6. The summed E-state index contributed by atoms with van der Waals surface area (Å²) in [5, 5.41) is 31.0. The molecule has 1 atom stereocenters. The second kappa shape index (κ2) is 21.5. The summed E-state index contributed by atoms with van der Waals surface area (Å²) in [5.41, 5.74) is 8.22. The fraction of sp³-hybridized carbons (Fsp3) is 0.294. The molecule has 3 amide bonds. The highest BCUT2D eigenvalue weighted by Crippen LogP contribution is 2.30. The molecular weight excluding hydrogens is 809 g/mol. The van der Waals surface area contributed by atoms with E-state index in [1.807, 2.05) is 105 Å². The zero-order valence-corrected chi connectivity index (χ0v) is 35.8. The van der Waals surface area contributed by atoms with E-state index in [4.69, 9.17) is 4.74 Å². The second-order valence-corrected chi connectivity index (χ2v) is 16.1. The van der Waals surface area contributed by atoms with Gasteiger partial charge in [-0.1, -0.05) is 80.2 Å². The molecule has 1 aliphatic heterocycles. The van der Waals surface area contributed by atoms with Crippen LogP contribution in [0.2, 0.25) is 0 Å². The number of phenolic OH excluding ortho intramolecular Hbond substituents is 1. The number of para-hydroxylation sites is 1. The molecule has 6 aromatic rings. The molecule has 1 aliphatic rings. The first kappa shape index (κ1) is 46.7. The number of likely N-dealkylation sites (tertiary alicyclic amines) is 1. The molecule has 334 valence electrons. The zero-order valence-electron chi connectivity index (χ0n) is 35.8. The summed E-state index contributed by atoms with van der Waals surface area (Å²) >= 11 is 0.